The van der Waals surface area contributed by atoms with Crippen molar-refractivity contribution in [3.05, 3.63) is 95.1 Å². The van der Waals surface area contributed by atoms with Gasteiger partial charge in [-0.25, -0.2) is 4.79 Å². The molecule has 0 aliphatic carbocycles. The molecule has 3 aromatic carbocycles. The van der Waals surface area contributed by atoms with E-state index in [1.807, 2.05) is 36.4 Å². The van der Waals surface area contributed by atoms with Crippen LogP contribution in [0.4, 0.5) is 4.79 Å². The minimum Gasteiger partial charge on any atom is -0.465 e. The fourth-order valence-electron chi connectivity index (χ4n) is 7.24. The van der Waals surface area contributed by atoms with Crippen molar-refractivity contribution in [2.45, 2.75) is 76.7 Å². The van der Waals surface area contributed by atoms with Gasteiger partial charge in [0.25, 0.3) is 0 Å². The monoisotopic (exact) mass is 670 g/mol. The molecule has 3 aliphatic heterocycles. The Morgan fingerprint density at radius 3 is 2.41 bits per heavy atom. The van der Waals surface area contributed by atoms with Gasteiger partial charge in [-0.05, 0) is 92.2 Å². The quantitative estimate of drug-likeness (QED) is 0.210. The number of nitrogens with one attached hydrogen (secondary N) is 2. The van der Waals surface area contributed by atoms with E-state index in [1.165, 1.54) is 38.8 Å². The van der Waals surface area contributed by atoms with E-state index in [0.717, 1.165) is 59.4 Å². The Hall–Kier alpha value is -3.80. The maximum atomic E-state index is 12.2. The normalized spacial score (nSPS) is 23.0. The van der Waals surface area contributed by atoms with Crippen LogP contribution in [0.15, 0.2) is 72.8 Å². The number of nitrogens with zero attached hydrogens (tertiary/aromatic N) is 2. The number of esters is 1. The largest absolute Gasteiger partial charge is 0.465 e. The van der Waals surface area contributed by atoms with Gasteiger partial charge in [0, 0.05) is 37.7 Å². The lowest BCUT2D eigenvalue weighted by atomic mass is 9.98. The van der Waals surface area contributed by atoms with Crippen molar-refractivity contribution in [1.82, 2.24) is 20.4 Å². The average Bonchev–Trinajstić information content (AvgIpc) is 3.82. The third kappa shape index (κ3) is 9.67. The lowest BCUT2D eigenvalue weighted by molar-refractivity contribution is -0.253. The van der Waals surface area contributed by atoms with Crippen LogP contribution in [0, 0.1) is 0 Å². The molecule has 3 N–H and O–H groups in total. The Morgan fingerprint density at radius 1 is 0.857 bits per heavy atom. The van der Waals surface area contributed by atoms with E-state index >= 15 is 0 Å². The molecular weight excluding hydrogens is 620 g/mol. The predicted molar refractivity (Wildman–Crippen MR) is 187 cm³/mol. The summed E-state index contributed by atoms with van der Waals surface area (Å²) in [5.41, 5.74) is 5.89. The zero-order chi connectivity index (χ0) is 34.0. The molecule has 4 atom stereocenters. The van der Waals surface area contributed by atoms with Crippen molar-refractivity contribution in [3.63, 3.8) is 0 Å². The number of ether oxygens (including phenoxy) is 3. The number of likely N-dealkylation sites (tertiary alicyclic amines) is 2. The molecule has 0 unspecified atom stereocenters. The summed E-state index contributed by atoms with van der Waals surface area (Å²) in [6.07, 6.45) is 5.20. The molecular formula is C39H50N4O6. The summed E-state index contributed by atoms with van der Waals surface area (Å²) in [5.74, 6) is -0.472. The summed E-state index contributed by atoms with van der Waals surface area (Å²) in [5, 5.41) is 14.9. The Morgan fingerprint density at radius 2 is 1.63 bits per heavy atom. The van der Waals surface area contributed by atoms with Gasteiger partial charge in [0.1, 0.15) is 6.54 Å². The van der Waals surface area contributed by atoms with E-state index in [1.54, 1.807) is 6.92 Å². The number of hydrogen-bond donors (Lipinski definition) is 3. The summed E-state index contributed by atoms with van der Waals surface area (Å²) in [7, 11) is 0. The van der Waals surface area contributed by atoms with Crippen LogP contribution in [-0.2, 0) is 32.2 Å². The van der Waals surface area contributed by atoms with Crippen LogP contribution in [0.5, 0.6) is 0 Å². The van der Waals surface area contributed by atoms with Gasteiger partial charge in [0.2, 0.25) is 0 Å². The molecule has 0 bridgehead atoms. The molecule has 10 heteroatoms. The first-order chi connectivity index (χ1) is 24.0. The fraction of sp³-hybridized carbons (Fsp3) is 0.487. The molecule has 0 saturated carbocycles. The molecule has 3 saturated heterocycles. The number of carbonyl (C=O) groups excluding carboxylic acids is 2. The van der Waals surface area contributed by atoms with Crippen LogP contribution < -0.4 is 10.6 Å². The van der Waals surface area contributed by atoms with E-state index < -0.39 is 18.3 Å². The van der Waals surface area contributed by atoms with Gasteiger partial charge in [-0.15, -0.1) is 0 Å². The van der Waals surface area contributed by atoms with Crippen molar-refractivity contribution < 1.29 is 28.9 Å². The highest BCUT2D eigenvalue weighted by molar-refractivity contribution is 5.80. The molecule has 6 rings (SSSR count). The summed E-state index contributed by atoms with van der Waals surface area (Å²) < 4.78 is 18.3. The van der Waals surface area contributed by atoms with Crippen LogP contribution in [0.25, 0.3) is 11.1 Å². The van der Waals surface area contributed by atoms with Crippen molar-refractivity contribution in [2.24, 2.45) is 0 Å². The maximum absolute atomic E-state index is 12.2. The van der Waals surface area contributed by atoms with E-state index in [2.05, 4.69) is 56.8 Å². The molecule has 3 aliphatic rings. The zero-order valence-electron chi connectivity index (χ0n) is 28.5. The van der Waals surface area contributed by atoms with E-state index in [4.69, 9.17) is 14.2 Å². The number of urea groups is 1. The Kier molecular flexibility index (Phi) is 12.3. The zero-order valence-corrected chi connectivity index (χ0v) is 28.5. The van der Waals surface area contributed by atoms with Gasteiger partial charge >= 0.3 is 12.0 Å². The van der Waals surface area contributed by atoms with Crippen molar-refractivity contribution in [3.8, 4) is 11.1 Å². The molecule has 10 nitrogen and oxygen atoms in total. The summed E-state index contributed by atoms with van der Waals surface area (Å²) in [6, 6.07) is 24.5. The number of carbonyl (C=O) groups is 2. The van der Waals surface area contributed by atoms with Gasteiger partial charge in [-0.2, -0.15) is 0 Å². The first-order valence-corrected chi connectivity index (χ1v) is 17.8. The summed E-state index contributed by atoms with van der Waals surface area (Å²) >= 11 is 0. The van der Waals surface area contributed by atoms with Crippen LogP contribution in [0.2, 0.25) is 0 Å². The van der Waals surface area contributed by atoms with E-state index in [0.29, 0.717) is 12.6 Å². The van der Waals surface area contributed by atoms with Crippen LogP contribution in [0.3, 0.4) is 0 Å². The van der Waals surface area contributed by atoms with Crippen molar-refractivity contribution >= 4 is 12.0 Å². The highest BCUT2D eigenvalue weighted by Crippen LogP contribution is 2.39. The first-order valence-electron chi connectivity index (χ1n) is 17.8. The fourth-order valence-corrected chi connectivity index (χ4v) is 7.24. The second kappa shape index (κ2) is 17.2. The van der Waals surface area contributed by atoms with E-state index in [-0.39, 0.29) is 32.0 Å². The molecule has 3 fully saturated rings. The number of aliphatic hydroxyl groups is 1. The summed E-state index contributed by atoms with van der Waals surface area (Å²) in [4.78, 5) is 29.0. The van der Waals surface area contributed by atoms with Gasteiger partial charge < -0.3 is 34.9 Å². The third-order valence-corrected chi connectivity index (χ3v) is 9.79. The molecule has 262 valence electrons. The first kappa shape index (κ1) is 35.0. The molecule has 49 heavy (non-hydrogen) atoms. The molecule has 0 radical (unpaired) electrons. The smallest absolute Gasteiger partial charge is 0.325 e. The van der Waals surface area contributed by atoms with Crippen LogP contribution >= 0.6 is 0 Å². The number of aliphatic hydroxyl groups excluding tert-OH is 1. The molecule has 0 aromatic heterocycles. The lowest BCUT2D eigenvalue weighted by Crippen LogP contribution is -2.45. The minimum atomic E-state index is -0.534. The average molecular weight is 671 g/mol. The highest BCUT2D eigenvalue weighted by atomic mass is 16.7. The van der Waals surface area contributed by atoms with Crippen molar-refractivity contribution in [2.75, 3.05) is 45.9 Å². The third-order valence-electron chi connectivity index (χ3n) is 9.79. The number of benzene rings is 3. The highest BCUT2D eigenvalue weighted by Gasteiger charge is 2.36. The standard InChI is InChI=1S/C39H50N4O6/c1-2-47-37(45)24-41-39(46)40-23-29-8-5-9-31(20-29)32-10-6-11-33(21-32)38-48-35(22-36(49-38)30-15-13-28(27-44)14-16-30)26-43-19-7-12-34(43)25-42-17-3-4-18-42/h5-6,8-11,13-16,20-21,34-36,38,44H,2-4,7,12,17-19,22-27H2,1H3,(H2,40,41,46)/t34-,35+,36-,38-/m0/s1. The second-order valence-electron chi connectivity index (χ2n) is 13.3. The molecule has 3 aromatic rings. The predicted octanol–water partition coefficient (Wildman–Crippen LogP) is 5.31. The lowest BCUT2D eigenvalue weighted by Gasteiger charge is -2.39. The topological polar surface area (TPSA) is 113 Å². The van der Waals surface area contributed by atoms with Gasteiger partial charge in [-0.3, -0.25) is 9.69 Å². The Labute approximate surface area is 289 Å². The maximum Gasteiger partial charge on any atom is 0.325 e. The van der Waals surface area contributed by atoms with Gasteiger partial charge in [-0.1, -0.05) is 60.7 Å². The van der Waals surface area contributed by atoms with Crippen LogP contribution in [0.1, 0.15) is 73.7 Å². The molecule has 0 spiro atoms. The summed E-state index contributed by atoms with van der Waals surface area (Å²) in [6.45, 7) is 7.71. The number of rotatable bonds is 13. The van der Waals surface area contributed by atoms with Gasteiger partial charge in [0.15, 0.2) is 6.29 Å². The second-order valence-corrected chi connectivity index (χ2v) is 13.3. The van der Waals surface area contributed by atoms with E-state index in [9.17, 15) is 14.7 Å². The molecule has 3 heterocycles. The Balaban J connectivity index is 1.15. The number of amides is 2. The Bertz CT molecular complexity index is 1530. The minimum absolute atomic E-state index is 0.00785. The SMILES string of the molecule is CCOC(=O)CNC(=O)NCc1cccc(-c2cccc([C@H]3O[C@@H](CN4CCC[C@H]4CN4CCCC4)C[C@@H](c4ccc(CO)cc4)O3)c2)c1. The number of hydrogen-bond acceptors (Lipinski definition) is 8. The van der Waals surface area contributed by atoms with Crippen LogP contribution in [-0.4, -0.2) is 84.9 Å². The molecule has 2 amide bonds. The van der Waals surface area contributed by atoms with Gasteiger partial charge in [0.05, 0.1) is 25.4 Å². The van der Waals surface area contributed by atoms with Crippen molar-refractivity contribution in [1.29, 1.82) is 0 Å².